The molecular weight excluding hydrogens is 240 g/mol. The minimum Gasteiger partial charge on any atom is -0.0844 e. The Morgan fingerprint density at radius 2 is 1.90 bits per heavy atom. The smallest absolute Gasteiger partial charge is 0.000992 e. The van der Waals surface area contributed by atoms with E-state index in [1.54, 1.807) is 5.57 Å². The molecule has 0 amide bonds. The van der Waals surface area contributed by atoms with Gasteiger partial charge in [-0.2, -0.15) is 0 Å². The van der Waals surface area contributed by atoms with Gasteiger partial charge in [-0.1, -0.05) is 52.2 Å². The van der Waals surface area contributed by atoms with Gasteiger partial charge < -0.3 is 0 Å². The topological polar surface area (TPSA) is 0 Å². The van der Waals surface area contributed by atoms with Crippen LogP contribution in [-0.2, 0) is 0 Å². The van der Waals surface area contributed by atoms with Crippen molar-refractivity contribution in [2.45, 2.75) is 79.6 Å². The molecule has 3 fully saturated rings. The highest BCUT2D eigenvalue weighted by atomic mass is 14.8. The van der Waals surface area contributed by atoms with Crippen LogP contribution >= 0.6 is 0 Å². The van der Waals surface area contributed by atoms with Crippen LogP contribution in [0.4, 0.5) is 0 Å². The van der Waals surface area contributed by atoms with Crippen LogP contribution in [-0.4, -0.2) is 0 Å². The number of allylic oxidation sites excluding steroid dienone is 2. The summed E-state index contributed by atoms with van der Waals surface area (Å²) in [5.41, 5.74) is 4.16. The fourth-order valence-corrected chi connectivity index (χ4v) is 8.19. The molecule has 0 aromatic heterocycles. The van der Waals surface area contributed by atoms with E-state index in [0.717, 1.165) is 11.8 Å². The van der Waals surface area contributed by atoms with Crippen molar-refractivity contribution in [1.29, 1.82) is 0 Å². The second-order valence-corrected chi connectivity index (χ2v) is 9.83. The van der Waals surface area contributed by atoms with Gasteiger partial charge in [0.25, 0.3) is 0 Å². The summed E-state index contributed by atoms with van der Waals surface area (Å²) < 4.78 is 0. The molecule has 0 aromatic carbocycles. The van der Waals surface area contributed by atoms with Crippen molar-refractivity contribution in [3.05, 3.63) is 11.6 Å². The van der Waals surface area contributed by atoms with E-state index in [4.69, 9.17) is 0 Å². The Kier molecular flexibility index (Phi) is 2.38. The van der Waals surface area contributed by atoms with E-state index in [2.05, 4.69) is 40.7 Å². The molecule has 20 heavy (non-hydrogen) atoms. The molecule has 0 aliphatic heterocycles. The van der Waals surface area contributed by atoms with E-state index >= 15 is 0 Å². The molecule has 5 atom stereocenters. The summed E-state index contributed by atoms with van der Waals surface area (Å²) in [6.07, 6.45) is 13.0. The molecule has 0 saturated heterocycles. The van der Waals surface area contributed by atoms with Gasteiger partial charge in [0, 0.05) is 5.41 Å². The molecule has 0 nitrogen and oxygen atoms in total. The largest absolute Gasteiger partial charge is 0.0844 e. The average Bonchev–Trinajstić information content (AvgIpc) is 2.82. The summed E-state index contributed by atoms with van der Waals surface area (Å²) in [7, 11) is 0. The van der Waals surface area contributed by atoms with Gasteiger partial charge in [-0.05, 0) is 67.1 Å². The van der Waals surface area contributed by atoms with Gasteiger partial charge in [-0.25, -0.2) is 0 Å². The van der Waals surface area contributed by atoms with Crippen molar-refractivity contribution in [3.8, 4) is 0 Å². The van der Waals surface area contributed by atoms with Crippen molar-refractivity contribution in [2.75, 3.05) is 0 Å². The Morgan fingerprint density at radius 1 is 1.15 bits per heavy atom. The molecule has 0 heteroatoms. The minimum atomic E-state index is 0.565. The fourth-order valence-electron chi connectivity index (χ4n) is 8.19. The highest BCUT2D eigenvalue weighted by Gasteiger charge is 2.75. The first-order valence-corrected chi connectivity index (χ1v) is 8.95. The predicted molar refractivity (Wildman–Crippen MR) is 85.5 cm³/mol. The van der Waals surface area contributed by atoms with Crippen LogP contribution in [0.25, 0.3) is 0 Å². The molecule has 4 aliphatic carbocycles. The van der Waals surface area contributed by atoms with Crippen LogP contribution in [0.5, 0.6) is 0 Å². The molecule has 4 aliphatic rings. The number of hydrogen-bond donors (Lipinski definition) is 0. The van der Waals surface area contributed by atoms with Gasteiger partial charge in [0.2, 0.25) is 0 Å². The van der Waals surface area contributed by atoms with E-state index in [0.29, 0.717) is 21.7 Å². The number of rotatable bonds is 0. The molecule has 0 aromatic rings. The summed E-state index contributed by atoms with van der Waals surface area (Å²) in [4.78, 5) is 0. The Labute approximate surface area is 125 Å². The zero-order valence-corrected chi connectivity index (χ0v) is 14.2. The van der Waals surface area contributed by atoms with Gasteiger partial charge in [0.15, 0.2) is 0 Å². The van der Waals surface area contributed by atoms with E-state index in [-0.39, 0.29) is 0 Å². The fraction of sp³-hybridized carbons (Fsp3) is 0.900. The normalized spacial score (nSPS) is 56.1. The van der Waals surface area contributed by atoms with Gasteiger partial charge in [0.1, 0.15) is 0 Å². The zero-order chi connectivity index (χ0) is 14.4. The first kappa shape index (κ1) is 13.4. The van der Waals surface area contributed by atoms with Crippen molar-refractivity contribution >= 4 is 0 Å². The van der Waals surface area contributed by atoms with Gasteiger partial charge in [-0.15, -0.1) is 0 Å². The van der Waals surface area contributed by atoms with Gasteiger partial charge >= 0.3 is 0 Å². The van der Waals surface area contributed by atoms with Crippen molar-refractivity contribution in [3.63, 3.8) is 0 Å². The maximum atomic E-state index is 2.67. The average molecular weight is 272 g/mol. The van der Waals surface area contributed by atoms with Crippen LogP contribution in [0, 0.1) is 33.5 Å². The lowest BCUT2D eigenvalue weighted by molar-refractivity contribution is -0.0799. The Balaban J connectivity index is 1.93. The Hall–Kier alpha value is -0.260. The third kappa shape index (κ3) is 1.19. The standard InChI is InChI=1S/C20H32/c1-14-8-10-20-15(2)7-6-9-18(20,5)12-16-11-17(3,4)13-19(14,16)20/h8,15-16H,6-7,9-13H2,1-5H3/t15-,16-,18+,19+,20+/m1/s1. The van der Waals surface area contributed by atoms with Gasteiger partial charge in [0.05, 0.1) is 0 Å². The molecule has 0 heterocycles. The maximum Gasteiger partial charge on any atom is 0.000992 e. The third-order valence-electron chi connectivity index (χ3n) is 8.46. The van der Waals surface area contributed by atoms with E-state index < -0.39 is 0 Å². The molecule has 0 bridgehead atoms. The summed E-state index contributed by atoms with van der Waals surface area (Å²) >= 11 is 0. The van der Waals surface area contributed by atoms with Crippen molar-refractivity contribution in [2.24, 2.45) is 33.5 Å². The summed E-state index contributed by atoms with van der Waals surface area (Å²) in [6.45, 7) is 12.8. The Bertz CT molecular complexity index is 484. The lowest BCUT2D eigenvalue weighted by Gasteiger charge is -2.58. The monoisotopic (exact) mass is 272 g/mol. The van der Waals surface area contributed by atoms with Crippen LogP contribution in [0.15, 0.2) is 11.6 Å². The van der Waals surface area contributed by atoms with Gasteiger partial charge in [-0.3, -0.25) is 0 Å². The van der Waals surface area contributed by atoms with E-state index in [9.17, 15) is 0 Å². The summed E-state index contributed by atoms with van der Waals surface area (Å²) in [5.74, 6) is 1.90. The zero-order valence-electron chi connectivity index (χ0n) is 14.2. The number of hydrogen-bond acceptors (Lipinski definition) is 0. The van der Waals surface area contributed by atoms with Crippen molar-refractivity contribution in [1.82, 2.24) is 0 Å². The first-order chi connectivity index (χ1) is 9.28. The van der Waals surface area contributed by atoms with Crippen LogP contribution in [0.3, 0.4) is 0 Å². The van der Waals surface area contributed by atoms with Crippen LogP contribution in [0.1, 0.15) is 79.6 Å². The van der Waals surface area contributed by atoms with Crippen molar-refractivity contribution < 1.29 is 0 Å². The van der Waals surface area contributed by atoms with E-state index in [1.807, 2.05) is 0 Å². The molecule has 4 rings (SSSR count). The Morgan fingerprint density at radius 3 is 2.65 bits per heavy atom. The lowest BCUT2D eigenvalue weighted by Crippen LogP contribution is -2.51. The third-order valence-corrected chi connectivity index (χ3v) is 8.46. The minimum absolute atomic E-state index is 0.565. The molecule has 3 saturated carbocycles. The van der Waals surface area contributed by atoms with E-state index in [1.165, 1.54) is 44.9 Å². The lowest BCUT2D eigenvalue weighted by atomic mass is 9.46. The summed E-state index contributed by atoms with van der Waals surface area (Å²) in [5, 5.41) is 0. The quantitative estimate of drug-likeness (QED) is 0.476. The molecule has 112 valence electrons. The second-order valence-electron chi connectivity index (χ2n) is 9.83. The maximum absolute atomic E-state index is 2.67. The SMILES string of the molecule is CC1=CC[C@]23[C@H](C)CCC[C@@]2(C)C[C@H]2CC(C)(C)C[C@]123. The predicted octanol–water partition coefficient (Wildman–Crippen LogP) is 5.98. The highest BCUT2D eigenvalue weighted by Crippen LogP contribution is 2.83. The molecule has 0 unspecified atom stereocenters. The highest BCUT2D eigenvalue weighted by molar-refractivity contribution is 5.37. The van der Waals surface area contributed by atoms with Crippen LogP contribution in [0.2, 0.25) is 0 Å². The van der Waals surface area contributed by atoms with Crippen LogP contribution < -0.4 is 0 Å². The second kappa shape index (κ2) is 3.55. The molecule has 0 radical (unpaired) electrons. The first-order valence-electron chi connectivity index (χ1n) is 8.95. The molecule has 2 spiro atoms. The molecular formula is C20H32. The molecule has 0 N–H and O–H groups in total. The summed E-state index contributed by atoms with van der Waals surface area (Å²) in [6, 6.07) is 0.